The van der Waals surface area contributed by atoms with Gasteiger partial charge >= 0.3 is 0 Å². The lowest BCUT2D eigenvalue weighted by atomic mass is 10.2. The lowest BCUT2D eigenvalue weighted by Gasteiger charge is -1.97. The minimum absolute atomic E-state index is 0.106. The van der Waals surface area contributed by atoms with Gasteiger partial charge in [-0.2, -0.15) is 0 Å². The number of carbonyl (C=O) groups is 2. The van der Waals surface area contributed by atoms with Gasteiger partial charge in [0.15, 0.2) is 12.6 Å². The Bertz CT molecular complexity index is 270. The van der Waals surface area contributed by atoms with Crippen LogP contribution in [0.15, 0.2) is 12.3 Å². The van der Waals surface area contributed by atoms with Gasteiger partial charge in [-0.05, 0) is 6.07 Å². The molecule has 1 rings (SSSR count). The highest BCUT2D eigenvalue weighted by Crippen LogP contribution is 2.09. The molecule has 1 aromatic rings. The monoisotopic (exact) mass is 150 g/mol. The maximum Gasteiger partial charge on any atom is 0.170 e. The second-order valence-electron chi connectivity index (χ2n) is 1.93. The number of hydrogen-bond acceptors (Lipinski definition) is 4. The van der Waals surface area contributed by atoms with Crippen LogP contribution in [0.4, 0.5) is 5.69 Å². The van der Waals surface area contributed by atoms with E-state index in [1.54, 1.807) is 0 Å². The molecule has 0 aromatic carbocycles. The summed E-state index contributed by atoms with van der Waals surface area (Å²) in [5.41, 5.74) is 5.92. The normalized spacial score (nSPS) is 9.09. The largest absolute Gasteiger partial charge is 0.396 e. The Kier molecular flexibility index (Phi) is 1.96. The number of anilines is 1. The van der Waals surface area contributed by atoms with Crippen molar-refractivity contribution in [1.82, 2.24) is 4.98 Å². The molecule has 0 aliphatic carbocycles. The second kappa shape index (κ2) is 2.92. The van der Waals surface area contributed by atoms with E-state index in [1.807, 2.05) is 0 Å². The molecule has 0 aliphatic rings. The molecule has 0 unspecified atom stereocenters. The van der Waals surface area contributed by atoms with Crippen LogP contribution in [0.1, 0.15) is 20.8 Å². The van der Waals surface area contributed by atoms with Crippen molar-refractivity contribution in [2.45, 2.75) is 0 Å². The highest BCUT2D eigenvalue weighted by atomic mass is 16.1. The Hall–Kier alpha value is -1.71. The molecule has 4 nitrogen and oxygen atoms in total. The fourth-order valence-electron chi connectivity index (χ4n) is 0.702. The number of nitrogens with zero attached hydrogens (tertiary/aromatic N) is 1. The summed E-state index contributed by atoms with van der Waals surface area (Å²) in [5.74, 6) is 0. The number of carbonyl (C=O) groups excluding carboxylic acids is 2. The molecule has 0 aliphatic heterocycles. The molecule has 0 saturated carbocycles. The van der Waals surface area contributed by atoms with Crippen LogP contribution in [-0.2, 0) is 0 Å². The third kappa shape index (κ3) is 1.24. The number of rotatable bonds is 2. The smallest absolute Gasteiger partial charge is 0.170 e. The number of pyridine rings is 1. The topological polar surface area (TPSA) is 73.1 Å². The van der Waals surface area contributed by atoms with Gasteiger partial charge in [0.25, 0.3) is 0 Å². The van der Waals surface area contributed by atoms with Gasteiger partial charge in [0.05, 0.1) is 5.69 Å². The predicted octanol–water partition coefficient (Wildman–Crippen LogP) is 0.289. The molecule has 11 heavy (non-hydrogen) atoms. The Balaban J connectivity index is 3.30. The quantitative estimate of drug-likeness (QED) is 0.615. The van der Waals surface area contributed by atoms with E-state index in [4.69, 9.17) is 5.73 Å². The SMILES string of the molecule is Nc1c(C=O)ccnc1C=O. The Labute approximate surface area is 63.0 Å². The predicted molar refractivity (Wildman–Crippen MR) is 39.4 cm³/mol. The molecule has 2 N–H and O–H groups in total. The van der Waals surface area contributed by atoms with Crippen molar-refractivity contribution in [2.24, 2.45) is 0 Å². The first-order chi connectivity index (χ1) is 5.29. The molecule has 0 atom stereocenters. The van der Waals surface area contributed by atoms with E-state index in [0.717, 1.165) is 0 Å². The second-order valence-corrected chi connectivity index (χ2v) is 1.93. The first-order valence-corrected chi connectivity index (χ1v) is 2.94. The number of nitrogens with two attached hydrogens (primary N) is 1. The highest BCUT2D eigenvalue weighted by molar-refractivity contribution is 5.91. The van der Waals surface area contributed by atoms with E-state index in [0.29, 0.717) is 18.1 Å². The zero-order chi connectivity index (χ0) is 8.27. The summed E-state index contributed by atoms with van der Waals surface area (Å²) in [6.07, 6.45) is 2.47. The molecule has 0 bridgehead atoms. The van der Waals surface area contributed by atoms with Gasteiger partial charge in [-0.1, -0.05) is 0 Å². The van der Waals surface area contributed by atoms with Crippen LogP contribution in [0.5, 0.6) is 0 Å². The minimum Gasteiger partial charge on any atom is -0.396 e. The molecular formula is C7H6N2O2. The maximum absolute atomic E-state index is 10.3. The van der Waals surface area contributed by atoms with Crippen molar-refractivity contribution in [3.8, 4) is 0 Å². The number of aromatic nitrogens is 1. The van der Waals surface area contributed by atoms with Gasteiger partial charge < -0.3 is 5.73 Å². The van der Waals surface area contributed by atoms with Gasteiger partial charge in [-0.3, -0.25) is 14.6 Å². The summed E-state index contributed by atoms with van der Waals surface area (Å²) in [6, 6.07) is 1.45. The number of nitrogen functional groups attached to an aromatic ring is 1. The number of hydrogen-bond donors (Lipinski definition) is 1. The van der Waals surface area contributed by atoms with E-state index >= 15 is 0 Å². The average molecular weight is 150 g/mol. The summed E-state index contributed by atoms with van der Waals surface area (Å²) in [5, 5.41) is 0. The third-order valence-corrected chi connectivity index (χ3v) is 1.29. The van der Waals surface area contributed by atoms with Crippen LogP contribution in [0, 0.1) is 0 Å². The minimum atomic E-state index is 0.106. The van der Waals surface area contributed by atoms with Crippen molar-refractivity contribution >= 4 is 18.3 Å². The van der Waals surface area contributed by atoms with E-state index in [2.05, 4.69) is 4.98 Å². The zero-order valence-electron chi connectivity index (χ0n) is 5.65. The van der Waals surface area contributed by atoms with Gasteiger partial charge in [-0.25, -0.2) is 0 Å². The van der Waals surface area contributed by atoms with Crippen molar-refractivity contribution in [1.29, 1.82) is 0 Å². The van der Waals surface area contributed by atoms with Crippen LogP contribution in [0.25, 0.3) is 0 Å². The summed E-state index contributed by atoms with van der Waals surface area (Å²) in [6.45, 7) is 0. The summed E-state index contributed by atoms with van der Waals surface area (Å²) in [7, 11) is 0. The molecule has 1 aromatic heterocycles. The van der Waals surface area contributed by atoms with Crippen molar-refractivity contribution < 1.29 is 9.59 Å². The summed E-state index contributed by atoms with van der Waals surface area (Å²) >= 11 is 0. The van der Waals surface area contributed by atoms with Gasteiger partial charge in [0, 0.05) is 11.8 Å². The van der Waals surface area contributed by atoms with Crippen LogP contribution < -0.4 is 5.73 Å². The molecule has 0 radical (unpaired) electrons. The van der Waals surface area contributed by atoms with Crippen molar-refractivity contribution in [2.75, 3.05) is 5.73 Å². The first kappa shape index (κ1) is 7.40. The van der Waals surface area contributed by atoms with Crippen molar-refractivity contribution in [3.63, 3.8) is 0 Å². The average Bonchev–Trinajstić information content (AvgIpc) is 2.05. The fourth-order valence-corrected chi connectivity index (χ4v) is 0.702. The third-order valence-electron chi connectivity index (χ3n) is 1.29. The van der Waals surface area contributed by atoms with E-state index in [9.17, 15) is 9.59 Å². The molecular weight excluding hydrogens is 144 g/mol. The highest BCUT2D eigenvalue weighted by Gasteiger charge is 2.02. The lowest BCUT2D eigenvalue weighted by Crippen LogP contribution is -2.00. The van der Waals surface area contributed by atoms with Crippen LogP contribution in [-0.4, -0.2) is 17.6 Å². The molecule has 1 heterocycles. The summed E-state index contributed by atoms with van der Waals surface area (Å²) < 4.78 is 0. The Morgan fingerprint density at radius 1 is 1.36 bits per heavy atom. The van der Waals surface area contributed by atoms with Crippen LogP contribution in [0.2, 0.25) is 0 Å². The Morgan fingerprint density at radius 2 is 2.09 bits per heavy atom. The lowest BCUT2D eigenvalue weighted by molar-refractivity contribution is 0.111. The Morgan fingerprint density at radius 3 is 2.64 bits per heavy atom. The van der Waals surface area contributed by atoms with Gasteiger partial charge in [0.1, 0.15) is 5.69 Å². The van der Waals surface area contributed by atoms with E-state index in [-0.39, 0.29) is 11.4 Å². The van der Waals surface area contributed by atoms with E-state index in [1.165, 1.54) is 12.3 Å². The first-order valence-electron chi connectivity index (χ1n) is 2.94. The zero-order valence-corrected chi connectivity index (χ0v) is 5.65. The molecule has 0 spiro atoms. The molecule has 4 heteroatoms. The number of aldehydes is 2. The maximum atomic E-state index is 10.3. The molecule has 0 saturated heterocycles. The molecule has 56 valence electrons. The molecule has 0 amide bonds. The van der Waals surface area contributed by atoms with Crippen LogP contribution >= 0.6 is 0 Å². The molecule has 0 fully saturated rings. The van der Waals surface area contributed by atoms with E-state index < -0.39 is 0 Å². The van der Waals surface area contributed by atoms with Crippen molar-refractivity contribution in [3.05, 3.63) is 23.5 Å². The van der Waals surface area contributed by atoms with Gasteiger partial charge in [-0.15, -0.1) is 0 Å². The van der Waals surface area contributed by atoms with Gasteiger partial charge in [0.2, 0.25) is 0 Å². The van der Waals surface area contributed by atoms with Crippen LogP contribution in [0.3, 0.4) is 0 Å². The fraction of sp³-hybridized carbons (Fsp3) is 0. The standard InChI is InChI=1S/C7H6N2O2/c8-7-5(3-10)1-2-9-6(7)4-11/h1-4H,8H2. The summed E-state index contributed by atoms with van der Waals surface area (Å²) in [4.78, 5) is 24.2.